The molecular formula is C29H39F3OSi. The van der Waals surface area contributed by atoms with E-state index in [9.17, 15) is 13.2 Å². The van der Waals surface area contributed by atoms with Gasteiger partial charge in [0.15, 0.2) is 0 Å². The van der Waals surface area contributed by atoms with Crippen molar-refractivity contribution in [1.82, 2.24) is 0 Å². The van der Waals surface area contributed by atoms with E-state index in [2.05, 4.69) is 35.9 Å². The molecule has 0 N–H and O–H groups in total. The molecule has 34 heavy (non-hydrogen) atoms. The molecule has 0 amide bonds. The molecule has 1 saturated carbocycles. The first kappa shape index (κ1) is 25.3. The minimum Gasteiger partial charge on any atom is -0.406 e. The second-order valence-electron chi connectivity index (χ2n) is 10.7. The largest absolute Gasteiger partial charge is 0.573 e. The lowest BCUT2D eigenvalue weighted by Gasteiger charge is -2.32. The molecule has 1 aliphatic carbocycles. The van der Waals surface area contributed by atoms with Crippen molar-refractivity contribution in [2.45, 2.75) is 95.1 Å². The summed E-state index contributed by atoms with van der Waals surface area (Å²) in [6, 6.07) is 19.5. The molecule has 0 spiro atoms. The number of benzene rings is 2. The summed E-state index contributed by atoms with van der Waals surface area (Å²) in [6.07, 6.45) is 7.97. The lowest BCUT2D eigenvalue weighted by Crippen LogP contribution is -2.22. The minimum absolute atomic E-state index is 0.185. The Hall–Kier alpha value is -1.75. The zero-order valence-corrected chi connectivity index (χ0v) is 21.6. The van der Waals surface area contributed by atoms with Gasteiger partial charge in [0.1, 0.15) is 5.75 Å². The van der Waals surface area contributed by atoms with Crippen LogP contribution < -0.4 is 4.74 Å². The van der Waals surface area contributed by atoms with Crippen LogP contribution in [0, 0.1) is 11.8 Å². The summed E-state index contributed by atoms with van der Waals surface area (Å²) in [5.41, 5.74) is 3.32. The number of hydrogen-bond donors (Lipinski definition) is 0. The van der Waals surface area contributed by atoms with Crippen LogP contribution in [0.5, 0.6) is 5.75 Å². The van der Waals surface area contributed by atoms with Gasteiger partial charge in [-0.1, -0.05) is 93.6 Å². The number of halogens is 3. The number of alkyl halides is 3. The predicted molar refractivity (Wildman–Crippen MR) is 137 cm³/mol. The average Bonchev–Trinajstić information content (AvgIpc) is 2.84. The normalized spacial score (nSPS) is 25.8. The van der Waals surface area contributed by atoms with E-state index in [0.717, 1.165) is 23.0 Å². The van der Waals surface area contributed by atoms with Crippen molar-refractivity contribution in [1.29, 1.82) is 0 Å². The molecule has 0 radical (unpaired) electrons. The molecule has 1 nitrogen and oxygen atoms in total. The van der Waals surface area contributed by atoms with E-state index in [4.69, 9.17) is 0 Å². The standard InChI is InChI=1S/C29H39F3OSi/c1-2-19-34-20-17-23(18-21-34)4-3-22-5-7-24(8-6-22)25-9-11-26(12-10-25)27-13-15-28(16-14-27)33-29(30,31)32/h9-16,22-24,34H,2-8,17-21H2,1H3/t22-,23?,24-,34?. The molecule has 0 aromatic heterocycles. The molecule has 2 aliphatic rings. The Morgan fingerprint density at radius 3 is 1.82 bits per heavy atom. The number of ether oxygens (including phenoxy) is 1. The van der Waals surface area contributed by atoms with Crippen LogP contribution in [0.3, 0.4) is 0 Å². The average molecular weight is 489 g/mol. The van der Waals surface area contributed by atoms with E-state index in [1.165, 1.54) is 75.5 Å². The fourth-order valence-corrected chi connectivity index (χ4v) is 9.84. The summed E-state index contributed by atoms with van der Waals surface area (Å²) in [7, 11) is -0.348. The molecule has 0 unspecified atom stereocenters. The first-order valence-corrected chi connectivity index (χ1v) is 15.8. The summed E-state index contributed by atoms with van der Waals surface area (Å²) < 4.78 is 41.0. The summed E-state index contributed by atoms with van der Waals surface area (Å²) in [4.78, 5) is 0. The molecule has 1 aliphatic heterocycles. The first-order valence-electron chi connectivity index (χ1n) is 13.4. The van der Waals surface area contributed by atoms with Crippen molar-refractivity contribution < 1.29 is 17.9 Å². The van der Waals surface area contributed by atoms with Crippen molar-refractivity contribution in [3.05, 3.63) is 54.1 Å². The van der Waals surface area contributed by atoms with Crippen LogP contribution in [-0.4, -0.2) is 15.2 Å². The van der Waals surface area contributed by atoms with Crippen LogP contribution in [0.1, 0.15) is 76.2 Å². The van der Waals surface area contributed by atoms with Gasteiger partial charge in [-0.2, -0.15) is 0 Å². The maximum atomic E-state index is 12.4. The second kappa shape index (κ2) is 11.8. The van der Waals surface area contributed by atoms with Gasteiger partial charge < -0.3 is 4.74 Å². The van der Waals surface area contributed by atoms with Crippen LogP contribution in [0.4, 0.5) is 13.2 Å². The highest BCUT2D eigenvalue weighted by atomic mass is 28.3. The highest BCUT2D eigenvalue weighted by Gasteiger charge is 2.31. The summed E-state index contributed by atoms with van der Waals surface area (Å²) in [6.45, 7) is 2.35. The lowest BCUT2D eigenvalue weighted by molar-refractivity contribution is -0.274. The van der Waals surface area contributed by atoms with Crippen LogP contribution >= 0.6 is 0 Å². The zero-order chi connectivity index (χ0) is 24.0. The topological polar surface area (TPSA) is 9.23 Å². The van der Waals surface area contributed by atoms with Crippen molar-refractivity contribution >= 4 is 8.80 Å². The van der Waals surface area contributed by atoms with Gasteiger partial charge in [-0.25, -0.2) is 0 Å². The maximum Gasteiger partial charge on any atom is 0.573 e. The van der Waals surface area contributed by atoms with E-state index in [-0.39, 0.29) is 14.5 Å². The Labute approximate surface area is 204 Å². The third-order valence-electron chi connectivity index (χ3n) is 8.30. The molecule has 5 heteroatoms. The third kappa shape index (κ3) is 7.37. The number of hydrogen-bond acceptors (Lipinski definition) is 1. The van der Waals surface area contributed by atoms with Gasteiger partial charge in [0, 0.05) is 8.80 Å². The predicted octanol–water partition coefficient (Wildman–Crippen LogP) is 9.35. The molecule has 0 bridgehead atoms. The van der Waals surface area contributed by atoms with Crippen LogP contribution in [0.2, 0.25) is 18.1 Å². The molecular weight excluding hydrogens is 449 g/mol. The van der Waals surface area contributed by atoms with Crippen molar-refractivity contribution in [3.63, 3.8) is 0 Å². The number of rotatable bonds is 8. The molecule has 186 valence electrons. The van der Waals surface area contributed by atoms with Crippen LogP contribution in [0.15, 0.2) is 48.5 Å². The molecule has 2 aromatic carbocycles. The molecule has 2 aromatic rings. The first-order chi connectivity index (χ1) is 16.4. The Bertz CT molecular complexity index is 862. The maximum absolute atomic E-state index is 12.4. The SMILES string of the molecule is CCC[SiH]1CCC(CC[C@H]2CC[C@H](c3ccc(-c4ccc(OC(F)(F)F)cc4)cc3)CC2)CC1. The Balaban J connectivity index is 1.21. The van der Waals surface area contributed by atoms with Gasteiger partial charge in [0.05, 0.1) is 0 Å². The monoisotopic (exact) mass is 488 g/mol. The lowest BCUT2D eigenvalue weighted by atomic mass is 9.76. The van der Waals surface area contributed by atoms with Crippen molar-refractivity contribution in [3.8, 4) is 16.9 Å². The van der Waals surface area contributed by atoms with E-state index < -0.39 is 6.36 Å². The van der Waals surface area contributed by atoms with E-state index >= 15 is 0 Å². The molecule has 0 atom stereocenters. The van der Waals surface area contributed by atoms with Gasteiger partial charge in [-0.05, 0) is 72.3 Å². The van der Waals surface area contributed by atoms with Gasteiger partial charge in [0.25, 0.3) is 0 Å². The summed E-state index contributed by atoms with van der Waals surface area (Å²) in [5.74, 6) is 2.39. The fourth-order valence-electron chi connectivity index (χ4n) is 6.27. The van der Waals surface area contributed by atoms with Crippen molar-refractivity contribution in [2.24, 2.45) is 11.8 Å². The second-order valence-corrected chi connectivity index (χ2v) is 14.1. The Morgan fingerprint density at radius 1 is 0.765 bits per heavy atom. The van der Waals surface area contributed by atoms with Crippen LogP contribution in [0.25, 0.3) is 11.1 Å². The minimum atomic E-state index is -4.66. The highest BCUT2D eigenvalue weighted by molar-refractivity contribution is 6.58. The summed E-state index contributed by atoms with van der Waals surface area (Å²) in [5, 5.41) is 0. The summed E-state index contributed by atoms with van der Waals surface area (Å²) >= 11 is 0. The van der Waals surface area contributed by atoms with Gasteiger partial charge in [-0.3, -0.25) is 0 Å². The molecule has 4 rings (SSSR count). The van der Waals surface area contributed by atoms with Crippen LogP contribution in [-0.2, 0) is 0 Å². The van der Waals surface area contributed by atoms with E-state index in [0.29, 0.717) is 5.92 Å². The van der Waals surface area contributed by atoms with E-state index in [1.807, 2.05) is 0 Å². The Morgan fingerprint density at radius 2 is 1.29 bits per heavy atom. The fraction of sp³-hybridized carbons (Fsp3) is 0.586. The smallest absolute Gasteiger partial charge is 0.406 e. The quantitative estimate of drug-likeness (QED) is 0.336. The zero-order valence-electron chi connectivity index (χ0n) is 20.5. The van der Waals surface area contributed by atoms with Gasteiger partial charge in [0.2, 0.25) is 0 Å². The van der Waals surface area contributed by atoms with Gasteiger partial charge in [-0.15, -0.1) is 13.2 Å². The molecule has 1 saturated heterocycles. The Kier molecular flexibility index (Phi) is 8.79. The molecule has 1 heterocycles. The van der Waals surface area contributed by atoms with Gasteiger partial charge >= 0.3 is 6.36 Å². The third-order valence-corrected chi connectivity index (χ3v) is 12.0. The van der Waals surface area contributed by atoms with Crippen molar-refractivity contribution in [2.75, 3.05) is 0 Å². The molecule has 2 fully saturated rings. The van der Waals surface area contributed by atoms with E-state index in [1.54, 1.807) is 30.3 Å². The highest BCUT2D eigenvalue weighted by Crippen LogP contribution is 2.40.